The predicted molar refractivity (Wildman–Crippen MR) is 48.4 cm³/mol. The van der Waals surface area contributed by atoms with Crippen LogP contribution in [0.15, 0.2) is 24.3 Å². The maximum absolute atomic E-state index is 12.7. The van der Waals surface area contributed by atoms with Gasteiger partial charge in [0, 0.05) is 12.6 Å². The zero-order chi connectivity index (χ0) is 8.97. The lowest BCUT2D eigenvalue weighted by Gasteiger charge is -2.07. The molecule has 1 aromatic rings. The Morgan fingerprint density at radius 3 is 2.75 bits per heavy atom. The minimum absolute atomic E-state index is 0.168. The van der Waals surface area contributed by atoms with Crippen molar-refractivity contribution in [2.24, 2.45) is 0 Å². The molecule has 0 heterocycles. The summed E-state index contributed by atoms with van der Waals surface area (Å²) in [5.74, 6) is -0.168. The highest BCUT2D eigenvalue weighted by Gasteiger charge is 1.95. The molecular weight excluding hydrogens is 153 g/mol. The van der Waals surface area contributed by atoms with Crippen LogP contribution in [-0.4, -0.2) is 6.04 Å². The van der Waals surface area contributed by atoms with Crippen molar-refractivity contribution in [3.63, 3.8) is 0 Å². The van der Waals surface area contributed by atoms with Gasteiger partial charge in [0.1, 0.15) is 5.82 Å². The summed E-state index contributed by atoms with van der Waals surface area (Å²) in [5.41, 5.74) is 0.990. The number of halogens is 1. The average molecular weight is 167 g/mol. The Kier molecular flexibility index (Phi) is 3.23. The third kappa shape index (κ3) is 3.01. The van der Waals surface area contributed by atoms with E-state index in [0.29, 0.717) is 6.04 Å². The van der Waals surface area contributed by atoms with Crippen LogP contribution in [0.5, 0.6) is 0 Å². The molecule has 0 saturated heterocycles. The van der Waals surface area contributed by atoms with Gasteiger partial charge in [-0.3, -0.25) is 0 Å². The molecule has 66 valence electrons. The van der Waals surface area contributed by atoms with E-state index in [1.165, 1.54) is 6.07 Å². The normalized spacial score (nSPS) is 10.7. The molecule has 1 rings (SSSR count). The molecule has 12 heavy (non-hydrogen) atoms. The van der Waals surface area contributed by atoms with Crippen LogP contribution in [0.2, 0.25) is 0 Å². The quantitative estimate of drug-likeness (QED) is 0.728. The molecule has 1 N–H and O–H groups in total. The van der Waals surface area contributed by atoms with Gasteiger partial charge in [-0.2, -0.15) is 0 Å². The van der Waals surface area contributed by atoms with Crippen molar-refractivity contribution in [1.82, 2.24) is 5.32 Å². The summed E-state index contributed by atoms with van der Waals surface area (Å²) in [5, 5.41) is 3.22. The lowest BCUT2D eigenvalue weighted by atomic mass is 10.2. The fraction of sp³-hybridized carbons (Fsp3) is 0.400. The Balaban J connectivity index is 2.52. The van der Waals surface area contributed by atoms with E-state index in [-0.39, 0.29) is 5.82 Å². The number of hydrogen-bond donors (Lipinski definition) is 1. The fourth-order valence-electron chi connectivity index (χ4n) is 0.969. The van der Waals surface area contributed by atoms with Crippen molar-refractivity contribution in [2.75, 3.05) is 0 Å². The third-order valence-corrected chi connectivity index (χ3v) is 1.60. The fourth-order valence-corrected chi connectivity index (χ4v) is 0.969. The van der Waals surface area contributed by atoms with Crippen molar-refractivity contribution in [1.29, 1.82) is 0 Å². The van der Waals surface area contributed by atoms with Gasteiger partial charge in [0.15, 0.2) is 0 Å². The Bertz CT molecular complexity index is 245. The van der Waals surface area contributed by atoms with Crippen LogP contribution in [0.25, 0.3) is 0 Å². The number of nitrogens with one attached hydrogen (secondary N) is 1. The summed E-state index contributed by atoms with van der Waals surface area (Å²) in [6, 6.07) is 7.09. The first-order chi connectivity index (χ1) is 5.68. The van der Waals surface area contributed by atoms with Gasteiger partial charge in [-0.1, -0.05) is 26.0 Å². The Hall–Kier alpha value is -0.890. The largest absolute Gasteiger partial charge is 0.310 e. The van der Waals surface area contributed by atoms with E-state index in [1.807, 2.05) is 6.07 Å². The summed E-state index contributed by atoms with van der Waals surface area (Å²) in [6.07, 6.45) is 0. The molecule has 0 aromatic heterocycles. The van der Waals surface area contributed by atoms with Crippen molar-refractivity contribution in [3.05, 3.63) is 35.6 Å². The van der Waals surface area contributed by atoms with Crippen LogP contribution < -0.4 is 5.32 Å². The summed E-state index contributed by atoms with van der Waals surface area (Å²) < 4.78 is 12.7. The van der Waals surface area contributed by atoms with Crippen LogP contribution in [-0.2, 0) is 6.54 Å². The first-order valence-electron chi connectivity index (χ1n) is 4.16. The zero-order valence-corrected chi connectivity index (χ0v) is 7.47. The van der Waals surface area contributed by atoms with Gasteiger partial charge in [0.25, 0.3) is 0 Å². The lowest BCUT2D eigenvalue weighted by molar-refractivity contribution is 0.581. The number of benzene rings is 1. The lowest BCUT2D eigenvalue weighted by Crippen LogP contribution is -2.21. The van der Waals surface area contributed by atoms with Gasteiger partial charge < -0.3 is 5.32 Å². The number of rotatable bonds is 3. The molecule has 0 radical (unpaired) electrons. The van der Waals surface area contributed by atoms with Gasteiger partial charge >= 0.3 is 0 Å². The van der Waals surface area contributed by atoms with Crippen molar-refractivity contribution < 1.29 is 4.39 Å². The highest BCUT2D eigenvalue weighted by atomic mass is 19.1. The summed E-state index contributed by atoms with van der Waals surface area (Å²) in [4.78, 5) is 0. The molecule has 0 amide bonds. The van der Waals surface area contributed by atoms with Crippen LogP contribution >= 0.6 is 0 Å². The molecule has 0 aliphatic heterocycles. The minimum atomic E-state index is -0.168. The highest BCUT2D eigenvalue weighted by Crippen LogP contribution is 2.02. The number of hydrogen-bond acceptors (Lipinski definition) is 1. The second-order valence-electron chi connectivity index (χ2n) is 3.17. The van der Waals surface area contributed by atoms with E-state index in [0.717, 1.165) is 12.1 Å². The predicted octanol–water partition coefficient (Wildman–Crippen LogP) is 2.32. The molecule has 1 nitrogen and oxygen atoms in total. The van der Waals surface area contributed by atoms with E-state index in [1.54, 1.807) is 12.1 Å². The Labute approximate surface area is 72.6 Å². The third-order valence-electron chi connectivity index (χ3n) is 1.60. The highest BCUT2D eigenvalue weighted by molar-refractivity contribution is 5.15. The van der Waals surface area contributed by atoms with E-state index < -0.39 is 0 Å². The molecule has 0 atom stereocenters. The summed E-state index contributed by atoms with van der Waals surface area (Å²) >= 11 is 0. The van der Waals surface area contributed by atoms with Gasteiger partial charge in [-0.25, -0.2) is 4.39 Å². The molecular formula is C10H14FN. The molecule has 0 aliphatic rings. The van der Waals surface area contributed by atoms with Crippen molar-refractivity contribution in [2.45, 2.75) is 26.4 Å². The molecule has 0 saturated carbocycles. The topological polar surface area (TPSA) is 12.0 Å². The maximum Gasteiger partial charge on any atom is 0.123 e. The standard InChI is InChI=1S/C10H14FN/c1-8(2)12-7-9-4-3-5-10(11)6-9/h3-6,8,12H,7H2,1-2H3. The monoisotopic (exact) mass is 167 g/mol. The van der Waals surface area contributed by atoms with Crippen LogP contribution in [0, 0.1) is 5.82 Å². The van der Waals surface area contributed by atoms with Crippen LogP contribution in [0.3, 0.4) is 0 Å². The Morgan fingerprint density at radius 1 is 1.42 bits per heavy atom. The van der Waals surface area contributed by atoms with Gasteiger partial charge in [-0.05, 0) is 17.7 Å². The maximum atomic E-state index is 12.7. The van der Waals surface area contributed by atoms with E-state index in [4.69, 9.17) is 0 Å². The molecule has 0 bridgehead atoms. The Morgan fingerprint density at radius 2 is 2.17 bits per heavy atom. The van der Waals surface area contributed by atoms with Gasteiger partial charge in [0.05, 0.1) is 0 Å². The van der Waals surface area contributed by atoms with Gasteiger partial charge in [0.2, 0.25) is 0 Å². The minimum Gasteiger partial charge on any atom is -0.310 e. The van der Waals surface area contributed by atoms with Crippen LogP contribution in [0.1, 0.15) is 19.4 Å². The van der Waals surface area contributed by atoms with Crippen LogP contribution in [0.4, 0.5) is 4.39 Å². The second-order valence-corrected chi connectivity index (χ2v) is 3.17. The smallest absolute Gasteiger partial charge is 0.123 e. The zero-order valence-electron chi connectivity index (χ0n) is 7.47. The average Bonchev–Trinajstić information content (AvgIpc) is 2.01. The van der Waals surface area contributed by atoms with E-state index >= 15 is 0 Å². The second kappa shape index (κ2) is 4.21. The molecule has 2 heteroatoms. The SMILES string of the molecule is CC(C)NCc1cccc(F)c1. The first kappa shape index (κ1) is 9.20. The van der Waals surface area contributed by atoms with E-state index in [9.17, 15) is 4.39 Å². The first-order valence-corrected chi connectivity index (χ1v) is 4.16. The molecule has 0 aliphatic carbocycles. The summed E-state index contributed by atoms with van der Waals surface area (Å²) in [6.45, 7) is 4.87. The molecule has 1 aromatic carbocycles. The van der Waals surface area contributed by atoms with Crippen molar-refractivity contribution in [3.8, 4) is 0 Å². The molecule has 0 spiro atoms. The molecule has 0 unspecified atom stereocenters. The van der Waals surface area contributed by atoms with Crippen molar-refractivity contribution >= 4 is 0 Å². The summed E-state index contributed by atoms with van der Waals surface area (Å²) in [7, 11) is 0. The van der Waals surface area contributed by atoms with E-state index in [2.05, 4.69) is 19.2 Å². The van der Waals surface area contributed by atoms with Gasteiger partial charge in [-0.15, -0.1) is 0 Å². The molecule has 0 fully saturated rings.